The molecule has 5 nitrogen and oxygen atoms in total. The number of ketones is 1. The molecule has 7 heteroatoms. The number of furan rings is 1. The second-order valence-electron chi connectivity index (χ2n) is 6.84. The molecule has 0 saturated heterocycles. The van der Waals surface area contributed by atoms with Crippen LogP contribution in [0, 0.1) is 5.82 Å². The molecule has 1 N–H and O–H groups in total. The van der Waals surface area contributed by atoms with Crippen LogP contribution in [0.5, 0.6) is 5.75 Å². The second kappa shape index (κ2) is 8.73. The number of hydrogen-bond donors (Lipinski definition) is 1. The van der Waals surface area contributed by atoms with E-state index in [2.05, 4.69) is 21.2 Å². The van der Waals surface area contributed by atoms with Crippen LogP contribution < -0.4 is 10.1 Å². The van der Waals surface area contributed by atoms with Gasteiger partial charge in [0, 0.05) is 15.4 Å². The Morgan fingerprint density at radius 2 is 1.68 bits per heavy atom. The van der Waals surface area contributed by atoms with E-state index in [1.165, 1.54) is 24.3 Å². The highest BCUT2D eigenvalue weighted by Crippen LogP contribution is 2.33. The van der Waals surface area contributed by atoms with Crippen molar-refractivity contribution >= 4 is 44.3 Å². The maximum absolute atomic E-state index is 13.1. The minimum Gasteiger partial charge on any atom is -0.481 e. The maximum Gasteiger partial charge on any atom is 0.265 e. The van der Waals surface area contributed by atoms with E-state index < -0.39 is 17.8 Å². The number of fused-ring (bicyclic) bond motifs is 1. The zero-order valence-electron chi connectivity index (χ0n) is 16.4. The highest BCUT2D eigenvalue weighted by atomic mass is 79.9. The van der Waals surface area contributed by atoms with Crippen molar-refractivity contribution in [2.24, 2.45) is 0 Å². The zero-order chi connectivity index (χ0) is 22.0. The Labute approximate surface area is 186 Å². The minimum atomic E-state index is -0.894. The van der Waals surface area contributed by atoms with E-state index in [0.29, 0.717) is 22.3 Å². The first-order valence-electron chi connectivity index (χ1n) is 9.47. The summed E-state index contributed by atoms with van der Waals surface area (Å²) in [6.07, 6.45) is -0.894. The van der Waals surface area contributed by atoms with E-state index in [1.54, 1.807) is 55.5 Å². The molecule has 1 heterocycles. The Morgan fingerprint density at radius 1 is 1.00 bits per heavy atom. The minimum absolute atomic E-state index is 0.0332. The predicted molar refractivity (Wildman–Crippen MR) is 119 cm³/mol. The van der Waals surface area contributed by atoms with Gasteiger partial charge in [-0.1, -0.05) is 28.1 Å². The summed E-state index contributed by atoms with van der Waals surface area (Å²) in [7, 11) is 0. The molecule has 0 aliphatic carbocycles. The van der Waals surface area contributed by atoms with Gasteiger partial charge in [-0.2, -0.15) is 0 Å². The Bertz CT molecular complexity index is 1250. The van der Waals surface area contributed by atoms with E-state index in [9.17, 15) is 14.0 Å². The van der Waals surface area contributed by atoms with Gasteiger partial charge in [-0.05, 0) is 67.6 Å². The molecule has 1 unspecified atom stereocenters. The largest absolute Gasteiger partial charge is 0.481 e. The van der Waals surface area contributed by atoms with Crippen LogP contribution in [-0.2, 0) is 4.79 Å². The predicted octanol–water partition coefficient (Wildman–Crippen LogP) is 5.97. The number of carbonyl (C=O) groups is 2. The van der Waals surface area contributed by atoms with Gasteiger partial charge in [0.05, 0.1) is 5.69 Å². The monoisotopic (exact) mass is 481 g/mol. The number of amides is 1. The van der Waals surface area contributed by atoms with Gasteiger partial charge >= 0.3 is 0 Å². The van der Waals surface area contributed by atoms with Crippen LogP contribution in [-0.4, -0.2) is 17.8 Å². The number of anilines is 1. The van der Waals surface area contributed by atoms with Gasteiger partial charge in [0.1, 0.15) is 17.1 Å². The van der Waals surface area contributed by atoms with Gasteiger partial charge in [0.25, 0.3) is 5.91 Å². The van der Waals surface area contributed by atoms with Gasteiger partial charge < -0.3 is 14.5 Å². The van der Waals surface area contributed by atoms with Gasteiger partial charge in [-0.25, -0.2) is 4.39 Å². The lowest BCUT2D eigenvalue weighted by molar-refractivity contribution is -0.122. The van der Waals surface area contributed by atoms with E-state index in [1.807, 2.05) is 0 Å². The second-order valence-corrected chi connectivity index (χ2v) is 7.76. The molecular weight excluding hydrogens is 465 g/mol. The first-order chi connectivity index (χ1) is 14.9. The maximum atomic E-state index is 13.1. The lowest BCUT2D eigenvalue weighted by atomic mass is 10.1. The van der Waals surface area contributed by atoms with E-state index in [4.69, 9.17) is 9.15 Å². The molecule has 4 aromatic rings. The summed E-state index contributed by atoms with van der Waals surface area (Å²) in [6.45, 7) is 1.57. The lowest BCUT2D eigenvalue weighted by Gasteiger charge is -2.15. The zero-order valence-corrected chi connectivity index (χ0v) is 18.0. The number of ether oxygens (including phenoxy) is 1. The Hall–Kier alpha value is -3.45. The molecule has 4 rings (SSSR count). The van der Waals surface area contributed by atoms with Crippen molar-refractivity contribution in [3.63, 3.8) is 0 Å². The molecule has 0 radical (unpaired) electrons. The molecule has 0 saturated carbocycles. The van der Waals surface area contributed by atoms with Crippen LogP contribution in [0.4, 0.5) is 10.1 Å². The average Bonchev–Trinajstić information content (AvgIpc) is 3.13. The van der Waals surface area contributed by atoms with Crippen LogP contribution in [0.2, 0.25) is 0 Å². The van der Waals surface area contributed by atoms with E-state index in [0.717, 1.165) is 4.47 Å². The van der Waals surface area contributed by atoms with Gasteiger partial charge in [0.15, 0.2) is 11.9 Å². The summed E-state index contributed by atoms with van der Waals surface area (Å²) >= 11 is 3.35. The van der Waals surface area contributed by atoms with Crippen LogP contribution in [0.1, 0.15) is 23.0 Å². The fraction of sp³-hybridized carbons (Fsp3) is 0.0833. The van der Waals surface area contributed by atoms with Crippen molar-refractivity contribution in [1.29, 1.82) is 0 Å². The van der Waals surface area contributed by atoms with Crippen molar-refractivity contribution in [2.45, 2.75) is 13.0 Å². The van der Waals surface area contributed by atoms with Gasteiger partial charge in [-0.3, -0.25) is 9.59 Å². The molecule has 0 aliphatic rings. The first kappa shape index (κ1) is 20.8. The third kappa shape index (κ3) is 4.51. The normalized spacial score (nSPS) is 11.8. The van der Waals surface area contributed by atoms with Crippen LogP contribution in [0.15, 0.2) is 81.7 Å². The lowest BCUT2D eigenvalue weighted by Crippen LogP contribution is -2.30. The van der Waals surface area contributed by atoms with E-state index in [-0.39, 0.29) is 17.2 Å². The van der Waals surface area contributed by atoms with Gasteiger partial charge in [0.2, 0.25) is 5.78 Å². The van der Waals surface area contributed by atoms with Crippen LogP contribution >= 0.6 is 15.9 Å². The number of hydrogen-bond acceptors (Lipinski definition) is 4. The number of halogens is 2. The standard InChI is InChI=1S/C24H17BrFNO4/c1-14(30-18-12-10-17(26)11-13-18)24(29)27-21-19-4-2-3-5-20(19)31-23(21)22(28)15-6-8-16(25)9-7-15/h2-14H,1H3,(H,27,29). The Balaban J connectivity index is 1.63. The molecule has 31 heavy (non-hydrogen) atoms. The summed E-state index contributed by atoms with van der Waals surface area (Å²) in [5.74, 6) is -0.838. The van der Waals surface area contributed by atoms with E-state index >= 15 is 0 Å². The molecule has 3 aromatic carbocycles. The third-order valence-electron chi connectivity index (χ3n) is 4.65. The summed E-state index contributed by atoms with van der Waals surface area (Å²) in [4.78, 5) is 25.9. The Morgan fingerprint density at radius 3 is 2.39 bits per heavy atom. The number of benzene rings is 3. The number of rotatable bonds is 6. The smallest absolute Gasteiger partial charge is 0.265 e. The average molecular weight is 482 g/mol. The number of carbonyl (C=O) groups excluding carboxylic acids is 2. The van der Waals surface area contributed by atoms with Crippen molar-refractivity contribution in [3.8, 4) is 5.75 Å². The molecule has 156 valence electrons. The fourth-order valence-corrected chi connectivity index (χ4v) is 3.32. The summed E-state index contributed by atoms with van der Waals surface area (Å²) in [5, 5.41) is 3.37. The summed E-state index contributed by atoms with van der Waals surface area (Å²) in [5.41, 5.74) is 1.18. The van der Waals surface area contributed by atoms with Crippen molar-refractivity contribution in [2.75, 3.05) is 5.32 Å². The molecule has 0 fully saturated rings. The highest BCUT2D eigenvalue weighted by Gasteiger charge is 2.25. The quantitative estimate of drug-likeness (QED) is 0.344. The number of para-hydroxylation sites is 1. The molecule has 1 aromatic heterocycles. The molecule has 0 spiro atoms. The van der Waals surface area contributed by atoms with Crippen molar-refractivity contribution in [1.82, 2.24) is 0 Å². The molecule has 0 bridgehead atoms. The topological polar surface area (TPSA) is 68.5 Å². The number of nitrogens with one attached hydrogen (secondary N) is 1. The van der Waals surface area contributed by atoms with Gasteiger partial charge in [-0.15, -0.1) is 0 Å². The molecule has 0 aliphatic heterocycles. The SMILES string of the molecule is CC(Oc1ccc(F)cc1)C(=O)Nc1c(C(=O)c2ccc(Br)cc2)oc2ccccc12. The fourth-order valence-electron chi connectivity index (χ4n) is 3.06. The highest BCUT2D eigenvalue weighted by molar-refractivity contribution is 9.10. The van der Waals surface area contributed by atoms with Crippen molar-refractivity contribution < 1.29 is 23.1 Å². The first-order valence-corrected chi connectivity index (χ1v) is 10.3. The summed E-state index contributed by atoms with van der Waals surface area (Å²) in [6, 6.07) is 19.3. The molecular formula is C24H17BrFNO4. The van der Waals surface area contributed by atoms with Crippen molar-refractivity contribution in [3.05, 3.63) is 94.4 Å². The third-order valence-corrected chi connectivity index (χ3v) is 5.18. The molecule has 1 atom stereocenters. The van der Waals surface area contributed by atoms with Crippen LogP contribution in [0.3, 0.4) is 0 Å². The molecule has 1 amide bonds. The summed E-state index contributed by atoms with van der Waals surface area (Å²) < 4.78 is 25.3. The van der Waals surface area contributed by atoms with Crippen LogP contribution in [0.25, 0.3) is 11.0 Å². The Kier molecular flexibility index (Phi) is 5.86.